The minimum Gasteiger partial charge on any atom is -0.489 e. The fourth-order valence-corrected chi connectivity index (χ4v) is 4.95. The van der Waals surface area contributed by atoms with E-state index in [1.54, 1.807) is 4.57 Å². The van der Waals surface area contributed by atoms with E-state index < -0.39 is 0 Å². The average molecular weight is 514 g/mol. The number of aryl methyl sites for hydroxylation is 1. The third-order valence-electron chi connectivity index (χ3n) is 6.70. The standard InChI is InChI=1S/C26H35N5O3.OS/c1-26(2,3)17-31-22-11-9-20(27-24(22)29(5)25(31)32)18-7-6-12-30(16-18)34-19-8-10-21-23(15-19)33-14-13-28(21)4;1-2/h8-11,15,18H,6-7,12-14,16-17H2,1-5H3;. The van der Waals surface area contributed by atoms with Gasteiger partial charge >= 0.3 is 5.69 Å². The van der Waals surface area contributed by atoms with Crippen LogP contribution in [0.15, 0.2) is 35.1 Å². The third-order valence-corrected chi connectivity index (χ3v) is 6.70. The molecule has 1 atom stereocenters. The molecule has 0 amide bonds. The van der Waals surface area contributed by atoms with Crippen molar-refractivity contribution in [1.29, 1.82) is 0 Å². The maximum Gasteiger partial charge on any atom is 0.330 e. The van der Waals surface area contributed by atoms with Crippen molar-refractivity contribution < 1.29 is 13.8 Å². The van der Waals surface area contributed by atoms with Gasteiger partial charge in [0.15, 0.2) is 23.9 Å². The molecular weight excluding hydrogens is 478 g/mol. The Hall–Kier alpha value is -2.98. The highest BCUT2D eigenvalue weighted by Crippen LogP contribution is 2.35. The number of anilines is 1. The van der Waals surface area contributed by atoms with Crippen molar-refractivity contribution in [1.82, 2.24) is 19.2 Å². The smallest absolute Gasteiger partial charge is 0.330 e. The molecule has 1 unspecified atom stereocenters. The summed E-state index contributed by atoms with van der Waals surface area (Å²) >= 11 is 2.83. The van der Waals surface area contributed by atoms with Crippen LogP contribution in [0, 0.1) is 5.41 Å². The lowest BCUT2D eigenvalue weighted by molar-refractivity contribution is -0.0783. The lowest BCUT2D eigenvalue weighted by Gasteiger charge is -2.32. The van der Waals surface area contributed by atoms with E-state index in [-0.39, 0.29) is 17.0 Å². The van der Waals surface area contributed by atoms with Gasteiger partial charge in [-0.05, 0) is 42.5 Å². The second-order valence-electron chi connectivity index (χ2n) is 10.8. The van der Waals surface area contributed by atoms with Crippen molar-refractivity contribution in [2.45, 2.75) is 46.1 Å². The Bertz CT molecular complexity index is 1280. The fraction of sp³-hybridized carbons (Fsp3) is 0.538. The second-order valence-corrected chi connectivity index (χ2v) is 10.8. The van der Waals surface area contributed by atoms with Gasteiger partial charge in [0, 0.05) is 51.4 Å². The van der Waals surface area contributed by atoms with Crippen LogP contribution in [0.5, 0.6) is 11.5 Å². The summed E-state index contributed by atoms with van der Waals surface area (Å²) in [4.78, 5) is 26.3. The lowest BCUT2D eigenvalue weighted by Crippen LogP contribution is -2.37. The summed E-state index contributed by atoms with van der Waals surface area (Å²) in [5.41, 5.74) is 3.75. The first-order chi connectivity index (χ1) is 17.2. The highest BCUT2D eigenvalue weighted by Gasteiger charge is 2.26. The predicted molar refractivity (Wildman–Crippen MR) is 142 cm³/mol. The minimum atomic E-state index is -0.0107. The van der Waals surface area contributed by atoms with Crippen molar-refractivity contribution in [3.05, 3.63) is 46.5 Å². The number of rotatable bonds is 4. The Labute approximate surface area is 217 Å². The maximum atomic E-state index is 12.9. The quantitative estimate of drug-likeness (QED) is 0.525. The molecule has 1 fully saturated rings. The number of ether oxygens (including phenoxy) is 1. The number of benzene rings is 1. The van der Waals surface area contributed by atoms with Crippen molar-refractivity contribution in [2.24, 2.45) is 12.5 Å². The van der Waals surface area contributed by atoms with E-state index >= 15 is 0 Å². The Morgan fingerprint density at radius 3 is 2.67 bits per heavy atom. The Morgan fingerprint density at radius 2 is 1.92 bits per heavy atom. The molecular formula is C26H35N5O4S. The largest absolute Gasteiger partial charge is 0.489 e. The van der Waals surface area contributed by atoms with E-state index in [2.05, 4.69) is 63.5 Å². The van der Waals surface area contributed by atoms with E-state index in [4.69, 9.17) is 18.8 Å². The second kappa shape index (κ2) is 10.6. The van der Waals surface area contributed by atoms with Crippen LogP contribution < -0.4 is 20.2 Å². The topological polar surface area (TPSA) is 81.8 Å². The van der Waals surface area contributed by atoms with E-state index in [1.807, 2.05) is 28.8 Å². The normalized spacial score (nSPS) is 18.2. The lowest BCUT2D eigenvalue weighted by atomic mass is 9.95. The molecule has 0 radical (unpaired) electrons. The molecule has 0 saturated carbocycles. The zero-order valence-electron chi connectivity index (χ0n) is 21.7. The number of nitrogens with zero attached hydrogens (tertiary/aromatic N) is 5. The zero-order valence-corrected chi connectivity index (χ0v) is 22.5. The summed E-state index contributed by atoms with van der Waals surface area (Å²) in [5, 5.41) is 2.03. The third kappa shape index (κ3) is 5.39. The van der Waals surface area contributed by atoms with Crippen LogP contribution in [0.1, 0.15) is 45.2 Å². The summed E-state index contributed by atoms with van der Waals surface area (Å²) in [6.45, 7) is 10.3. The van der Waals surface area contributed by atoms with Crippen LogP contribution in [-0.4, -0.2) is 56.7 Å². The average Bonchev–Trinajstić information content (AvgIpc) is 3.09. The molecule has 2 aliphatic rings. The molecule has 0 aliphatic carbocycles. The molecule has 3 aromatic rings. The molecule has 0 N–H and O–H groups in total. The molecule has 1 saturated heterocycles. The van der Waals surface area contributed by atoms with Gasteiger partial charge in [-0.15, -0.1) is 5.06 Å². The van der Waals surface area contributed by atoms with Crippen LogP contribution >= 0.6 is 0 Å². The van der Waals surface area contributed by atoms with Gasteiger partial charge in [-0.25, -0.2) is 9.78 Å². The molecule has 9 nitrogen and oxygen atoms in total. The van der Waals surface area contributed by atoms with Gasteiger partial charge < -0.3 is 14.5 Å². The van der Waals surface area contributed by atoms with Crippen LogP contribution in [0.25, 0.3) is 11.2 Å². The van der Waals surface area contributed by atoms with Gasteiger partial charge in [0.05, 0.1) is 17.7 Å². The van der Waals surface area contributed by atoms with Crippen LogP contribution in [-0.2, 0) is 26.1 Å². The van der Waals surface area contributed by atoms with Crippen molar-refractivity contribution >= 4 is 29.4 Å². The summed E-state index contributed by atoms with van der Waals surface area (Å²) in [7, 11) is 3.89. The number of pyridine rings is 1. The minimum absolute atomic E-state index is 0.00906. The van der Waals surface area contributed by atoms with E-state index in [1.165, 1.54) is 0 Å². The molecule has 0 bridgehead atoms. The number of hydroxylamine groups is 2. The molecule has 36 heavy (non-hydrogen) atoms. The van der Waals surface area contributed by atoms with Gasteiger partial charge in [-0.1, -0.05) is 20.8 Å². The highest BCUT2D eigenvalue weighted by molar-refractivity contribution is 7.44. The first-order valence-electron chi connectivity index (χ1n) is 12.3. The number of fused-ring (bicyclic) bond motifs is 2. The van der Waals surface area contributed by atoms with Crippen LogP contribution in [0.4, 0.5) is 5.69 Å². The van der Waals surface area contributed by atoms with Crippen molar-refractivity contribution in [3.8, 4) is 11.5 Å². The number of hydrogen-bond donors (Lipinski definition) is 0. The SMILES string of the molecule is CN1CCOc2cc(ON3CCCC(c4ccc5c(n4)n(C)c(=O)n5CC(C)(C)C)C3)ccc21.O=S. The number of hydrogen-bond acceptors (Lipinski definition) is 8. The molecule has 2 aromatic heterocycles. The number of likely N-dealkylation sites (N-methyl/N-ethyl adjacent to an activating group) is 1. The first kappa shape index (κ1) is 26.1. The van der Waals surface area contributed by atoms with E-state index in [0.717, 1.165) is 66.5 Å². The zero-order chi connectivity index (χ0) is 26.0. The van der Waals surface area contributed by atoms with Gasteiger partial charge in [-0.2, -0.15) is 4.21 Å². The fourth-order valence-electron chi connectivity index (χ4n) is 4.95. The number of piperidine rings is 1. The molecule has 5 rings (SSSR count). The van der Waals surface area contributed by atoms with Gasteiger partial charge in [-0.3, -0.25) is 9.13 Å². The monoisotopic (exact) mass is 513 g/mol. The van der Waals surface area contributed by atoms with Crippen LogP contribution in [0.3, 0.4) is 0 Å². The van der Waals surface area contributed by atoms with E-state index in [0.29, 0.717) is 13.2 Å². The molecule has 4 heterocycles. The van der Waals surface area contributed by atoms with Crippen molar-refractivity contribution in [2.75, 3.05) is 38.2 Å². The van der Waals surface area contributed by atoms with Crippen LogP contribution in [0.2, 0.25) is 0 Å². The summed E-state index contributed by atoms with van der Waals surface area (Å²) < 4.78 is 17.2. The molecule has 1 aromatic carbocycles. The molecule has 194 valence electrons. The highest BCUT2D eigenvalue weighted by atomic mass is 32.1. The maximum absolute atomic E-state index is 12.9. The summed E-state index contributed by atoms with van der Waals surface area (Å²) in [5.74, 6) is 1.91. The number of imidazole rings is 1. The molecule has 0 spiro atoms. The summed E-state index contributed by atoms with van der Waals surface area (Å²) in [6, 6.07) is 10.2. The van der Waals surface area contributed by atoms with Crippen molar-refractivity contribution in [3.63, 3.8) is 0 Å². The molecule has 10 heteroatoms. The Kier molecular flexibility index (Phi) is 7.65. The van der Waals surface area contributed by atoms with Gasteiger partial charge in [0.25, 0.3) is 0 Å². The Morgan fingerprint density at radius 1 is 1.14 bits per heavy atom. The van der Waals surface area contributed by atoms with E-state index in [9.17, 15) is 4.79 Å². The molecule has 2 aliphatic heterocycles. The first-order valence-corrected chi connectivity index (χ1v) is 12.7. The van der Waals surface area contributed by atoms with Gasteiger partial charge in [0.1, 0.15) is 12.4 Å². The predicted octanol–water partition coefficient (Wildman–Crippen LogP) is 3.45. The number of aromatic nitrogens is 3. The van der Waals surface area contributed by atoms with Gasteiger partial charge in [0.2, 0.25) is 0 Å². The Balaban J connectivity index is 0.00000148. The summed E-state index contributed by atoms with van der Waals surface area (Å²) in [6.07, 6.45) is 2.08.